The van der Waals surface area contributed by atoms with Crippen molar-refractivity contribution in [3.63, 3.8) is 0 Å². The van der Waals surface area contributed by atoms with Crippen LogP contribution in [-0.2, 0) is 17.9 Å². The molecule has 24 heavy (non-hydrogen) atoms. The van der Waals surface area contributed by atoms with E-state index in [2.05, 4.69) is 44.0 Å². The van der Waals surface area contributed by atoms with Crippen LogP contribution in [0, 0.1) is 0 Å². The van der Waals surface area contributed by atoms with E-state index in [0.29, 0.717) is 0 Å². The van der Waals surface area contributed by atoms with E-state index in [1.54, 1.807) is 12.1 Å². The van der Waals surface area contributed by atoms with Crippen LogP contribution in [0.25, 0.3) is 11.1 Å². The smallest absolute Gasteiger partial charge is 0.270 e. The van der Waals surface area contributed by atoms with Crippen LogP contribution in [0.3, 0.4) is 0 Å². The second-order valence-corrected chi connectivity index (χ2v) is 7.71. The zero-order valence-electron chi connectivity index (χ0n) is 14.9. The zero-order valence-corrected chi connectivity index (χ0v) is 14.9. The first-order chi connectivity index (χ1) is 11.2. The van der Waals surface area contributed by atoms with Crippen LogP contribution in [-0.4, -0.2) is 18.5 Å². The van der Waals surface area contributed by atoms with Gasteiger partial charge in [-0.3, -0.25) is 0 Å². The van der Waals surface area contributed by atoms with Crippen molar-refractivity contribution in [3.05, 3.63) is 59.2 Å². The molecule has 0 aromatic heterocycles. The molecule has 1 heterocycles. The first-order valence-corrected chi connectivity index (χ1v) is 8.47. The van der Waals surface area contributed by atoms with Crippen molar-refractivity contribution >= 4 is 0 Å². The third-order valence-corrected chi connectivity index (χ3v) is 5.12. The summed E-state index contributed by atoms with van der Waals surface area (Å²) in [6.07, 6.45) is 1.14. The molecule has 0 spiro atoms. The minimum Gasteiger partial charge on any atom is -0.302 e. The summed E-state index contributed by atoms with van der Waals surface area (Å²) in [5.41, 5.74) is 5.02. The minimum atomic E-state index is -2.79. The number of hydrogen-bond acceptors (Lipinski definition) is 1. The van der Waals surface area contributed by atoms with E-state index in [9.17, 15) is 8.78 Å². The van der Waals surface area contributed by atoms with E-state index >= 15 is 0 Å². The number of rotatable bonds is 2. The Labute approximate surface area is 143 Å². The Balaban J connectivity index is 1.99. The maximum atomic E-state index is 13.4. The van der Waals surface area contributed by atoms with Gasteiger partial charge in [0.05, 0.1) is 0 Å². The van der Waals surface area contributed by atoms with Crippen LogP contribution < -0.4 is 0 Å². The molecule has 0 N–H and O–H groups in total. The van der Waals surface area contributed by atoms with E-state index < -0.39 is 5.92 Å². The van der Waals surface area contributed by atoms with Crippen molar-refractivity contribution in [1.29, 1.82) is 0 Å². The summed E-state index contributed by atoms with van der Waals surface area (Å²) in [6.45, 7) is 7.53. The van der Waals surface area contributed by atoms with E-state index in [0.717, 1.165) is 37.6 Å². The molecule has 0 amide bonds. The van der Waals surface area contributed by atoms with Crippen molar-refractivity contribution in [2.75, 3.05) is 13.6 Å². The number of fused-ring (bicyclic) bond motifs is 1. The molecule has 0 fully saturated rings. The van der Waals surface area contributed by atoms with Crippen molar-refractivity contribution < 1.29 is 8.78 Å². The summed E-state index contributed by atoms with van der Waals surface area (Å²) >= 11 is 0. The summed E-state index contributed by atoms with van der Waals surface area (Å²) in [5, 5.41) is 0. The molecule has 1 aliphatic rings. The standard InChI is InChI=1S/C21H25F2N/c1-20(2)11-12-24(4)14-17-13-16(7-10-19(17)20)15-5-8-18(9-6-15)21(3,22)23/h5-10,13H,11-12,14H2,1-4H3. The second-order valence-electron chi connectivity index (χ2n) is 7.71. The fraction of sp³-hybridized carbons (Fsp3) is 0.429. The zero-order chi connectivity index (χ0) is 17.5. The average molecular weight is 329 g/mol. The van der Waals surface area contributed by atoms with E-state index in [1.165, 1.54) is 23.3 Å². The highest BCUT2D eigenvalue weighted by Crippen LogP contribution is 2.36. The topological polar surface area (TPSA) is 3.24 Å². The Morgan fingerprint density at radius 3 is 2.25 bits per heavy atom. The van der Waals surface area contributed by atoms with Crippen LogP contribution in [0.5, 0.6) is 0 Å². The van der Waals surface area contributed by atoms with Gasteiger partial charge in [0.25, 0.3) is 5.92 Å². The van der Waals surface area contributed by atoms with Gasteiger partial charge in [-0.25, -0.2) is 8.78 Å². The van der Waals surface area contributed by atoms with Gasteiger partial charge in [0.15, 0.2) is 0 Å². The maximum Gasteiger partial charge on any atom is 0.270 e. The van der Waals surface area contributed by atoms with Gasteiger partial charge < -0.3 is 4.90 Å². The molecule has 2 aromatic carbocycles. The molecule has 128 valence electrons. The van der Waals surface area contributed by atoms with Crippen molar-refractivity contribution in [2.24, 2.45) is 0 Å². The Bertz CT molecular complexity index is 726. The number of halogens is 2. The lowest BCUT2D eigenvalue weighted by Crippen LogP contribution is -2.21. The molecule has 0 saturated heterocycles. The fourth-order valence-electron chi connectivity index (χ4n) is 3.49. The normalized spacial score (nSPS) is 18.1. The highest BCUT2D eigenvalue weighted by molar-refractivity contribution is 5.66. The predicted molar refractivity (Wildman–Crippen MR) is 95.4 cm³/mol. The highest BCUT2D eigenvalue weighted by atomic mass is 19.3. The monoisotopic (exact) mass is 329 g/mol. The Hall–Kier alpha value is -1.74. The molecule has 2 aromatic rings. The number of alkyl halides is 2. The van der Waals surface area contributed by atoms with Crippen LogP contribution in [0.15, 0.2) is 42.5 Å². The largest absolute Gasteiger partial charge is 0.302 e. The lowest BCUT2D eigenvalue weighted by molar-refractivity contribution is 0.0175. The van der Waals surface area contributed by atoms with Gasteiger partial charge in [-0.05, 0) is 53.7 Å². The van der Waals surface area contributed by atoms with Crippen LogP contribution in [0.1, 0.15) is 43.9 Å². The quantitative estimate of drug-likeness (QED) is 0.695. The van der Waals surface area contributed by atoms with Crippen molar-refractivity contribution in [3.8, 4) is 11.1 Å². The number of benzene rings is 2. The van der Waals surface area contributed by atoms with Gasteiger partial charge in [0.2, 0.25) is 0 Å². The molecule has 0 radical (unpaired) electrons. The van der Waals surface area contributed by atoms with E-state index in [-0.39, 0.29) is 11.0 Å². The molecule has 3 heteroatoms. The summed E-state index contributed by atoms with van der Waals surface area (Å²) < 4.78 is 26.8. The molecular weight excluding hydrogens is 304 g/mol. The van der Waals surface area contributed by atoms with Gasteiger partial charge in [-0.2, -0.15) is 0 Å². The molecule has 0 saturated carbocycles. The Morgan fingerprint density at radius 1 is 1.00 bits per heavy atom. The summed E-state index contributed by atoms with van der Waals surface area (Å²) in [4.78, 5) is 2.35. The molecule has 1 aliphatic heterocycles. The van der Waals surface area contributed by atoms with E-state index in [1.807, 2.05) is 0 Å². The van der Waals surface area contributed by atoms with Crippen molar-refractivity contribution in [1.82, 2.24) is 4.90 Å². The lowest BCUT2D eigenvalue weighted by atomic mass is 9.79. The number of hydrogen-bond donors (Lipinski definition) is 0. The molecule has 0 atom stereocenters. The second kappa shape index (κ2) is 5.96. The van der Waals surface area contributed by atoms with Gasteiger partial charge in [0, 0.05) is 19.0 Å². The maximum absolute atomic E-state index is 13.4. The third kappa shape index (κ3) is 3.36. The lowest BCUT2D eigenvalue weighted by Gasteiger charge is -2.25. The van der Waals surface area contributed by atoms with Crippen molar-refractivity contribution in [2.45, 2.75) is 45.1 Å². The van der Waals surface area contributed by atoms with Crippen LogP contribution in [0.2, 0.25) is 0 Å². The van der Waals surface area contributed by atoms with Crippen LogP contribution in [0.4, 0.5) is 8.78 Å². The van der Waals surface area contributed by atoms with Gasteiger partial charge >= 0.3 is 0 Å². The molecule has 3 rings (SSSR count). The van der Waals surface area contributed by atoms with Gasteiger partial charge in [-0.15, -0.1) is 0 Å². The average Bonchev–Trinajstić information content (AvgIpc) is 2.63. The first-order valence-electron chi connectivity index (χ1n) is 8.47. The van der Waals surface area contributed by atoms with Gasteiger partial charge in [0.1, 0.15) is 0 Å². The molecular formula is C21H25F2N. The molecule has 0 aliphatic carbocycles. The summed E-state index contributed by atoms with van der Waals surface area (Å²) in [6, 6.07) is 13.2. The Morgan fingerprint density at radius 2 is 1.62 bits per heavy atom. The first kappa shape index (κ1) is 17.1. The highest BCUT2D eigenvalue weighted by Gasteiger charge is 2.28. The summed E-state index contributed by atoms with van der Waals surface area (Å²) in [5.74, 6) is -2.79. The number of nitrogens with zero attached hydrogens (tertiary/aromatic N) is 1. The molecule has 0 bridgehead atoms. The third-order valence-electron chi connectivity index (χ3n) is 5.12. The van der Waals surface area contributed by atoms with E-state index in [4.69, 9.17) is 0 Å². The summed E-state index contributed by atoms with van der Waals surface area (Å²) in [7, 11) is 2.15. The minimum absolute atomic E-state index is 0.0573. The molecule has 1 nitrogen and oxygen atoms in total. The fourth-order valence-corrected chi connectivity index (χ4v) is 3.49. The van der Waals surface area contributed by atoms with Crippen LogP contribution >= 0.6 is 0 Å². The predicted octanol–water partition coefficient (Wildman–Crippen LogP) is 5.58. The molecule has 0 unspecified atom stereocenters. The SMILES string of the molecule is CN1CCC(C)(C)c2ccc(-c3ccc(C(C)(F)F)cc3)cc2C1. The van der Waals surface area contributed by atoms with Gasteiger partial charge in [-0.1, -0.05) is 50.2 Å². The Kier molecular flexibility index (Phi) is 4.25.